The molecular weight excluding hydrogens is 389 g/mol. The Kier molecular flexibility index (Phi) is 5.54. The number of nitrogens with zero attached hydrogens (tertiary/aromatic N) is 4. The lowest BCUT2D eigenvalue weighted by Gasteiger charge is -2.22. The average molecular weight is 407 g/mol. The molecule has 1 N–H and O–H groups in total. The van der Waals surface area contributed by atoms with Gasteiger partial charge in [-0.05, 0) is 43.4 Å². The molecule has 11 heteroatoms. The van der Waals surface area contributed by atoms with E-state index < -0.39 is 23.7 Å². The van der Waals surface area contributed by atoms with Crippen molar-refractivity contribution in [3.8, 4) is 5.95 Å². The second-order valence-corrected chi connectivity index (χ2v) is 6.56. The van der Waals surface area contributed by atoms with Gasteiger partial charge < -0.3 is 19.8 Å². The molecule has 0 aliphatic carbocycles. The Morgan fingerprint density at radius 3 is 2.68 bits per heavy atom. The molecule has 1 aliphatic rings. The molecule has 148 valence electrons. The molecule has 1 saturated heterocycles. The van der Waals surface area contributed by atoms with Crippen LogP contribution >= 0.6 is 12.2 Å². The van der Waals surface area contributed by atoms with Crippen molar-refractivity contribution in [1.82, 2.24) is 15.1 Å². The van der Waals surface area contributed by atoms with Crippen molar-refractivity contribution < 1.29 is 28.3 Å². The van der Waals surface area contributed by atoms with E-state index in [0.29, 0.717) is 12.2 Å². The first kappa shape index (κ1) is 19.7. The summed E-state index contributed by atoms with van der Waals surface area (Å²) in [7, 11) is 1.54. The minimum absolute atomic E-state index is 0.0194. The molecule has 3 rings (SSSR count). The van der Waals surface area contributed by atoms with E-state index in [1.165, 1.54) is 45.8 Å². The molecule has 2 heterocycles. The highest BCUT2D eigenvalue weighted by atomic mass is 32.1. The molecule has 2 aromatic rings. The van der Waals surface area contributed by atoms with Crippen molar-refractivity contribution in [1.29, 1.82) is 0 Å². The van der Waals surface area contributed by atoms with E-state index in [2.05, 4.69) is 15.1 Å². The van der Waals surface area contributed by atoms with Gasteiger partial charge in [0.25, 0.3) is 11.6 Å². The number of aromatic nitrogens is 2. The Labute approximate surface area is 165 Å². The Balaban J connectivity index is 1.79. The van der Waals surface area contributed by atoms with Crippen molar-refractivity contribution in [2.24, 2.45) is 7.05 Å². The molecule has 1 fully saturated rings. The van der Waals surface area contributed by atoms with Crippen LogP contribution in [0.1, 0.15) is 19.0 Å². The number of benzene rings is 1. The number of likely N-dealkylation sites (N-methyl/N-ethyl adjacent to an activating group) is 1. The molecule has 1 aromatic heterocycles. The van der Waals surface area contributed by atoms with Gasteiger partial charge in [-0.25, -0.2) is 4.39 Å². The third-order valence-electron chi connectivity index (χ3n) is 4.42. The zero-order chi connectivity index (χ0) is 20.4. The third kappa shape index (κ3) is 3.79. The molecule has 0 spiro atoms. The standard InChI is InChI=1S/C17H18FN5O4S/c1-3-22-15(25)12(8-14(24)19-11-6-4-10(18)5-7-11)23(17(22)28)9-13-16(26)27-20-21(13)2/h4-7,12H,3,8-9H2,1-2H3,(H-,19,20,24,26). The highest BCUT2D eigenvalue weighted by molar-refractivity contribution is 7.80. The molecule has 1 aliphatic heterocycles. The lowest BCUT2D eigenvalue weighted by atomic mass is 10.1. The summed E-state index contributed by atoms with van der Waals surface area (Å²) in [4.78, 5) is 28.1. The SMILES string of the molecule is CCN1C(=O)C(CC(=O)Nc2ccc(F)cc2)N(Cc2c([O-])on[n+]2C)C1=S. The summed E-state index contributed by atoms with van der Waals surface area (Å²) in [5.74, 6) is -1.82. The number of thiocarbonyl (C=S) groups is 1. The first-order valence-corrected chi connectivity index (χ1v) is 8.92. The van der Waals surface area contributed by atoms with Crippen molar-refractivity contribution >= 4 is 34.8 Å². The maximum absolute atomic E-state index is 13.0. The molecule has 28 heavy (non-hydrogen) atoms. The van der Waals surface area contributed by atoms with E-state index >= 15 is 0 Å². The predicted octanol–water partition coefficient (Wildman–Crippen LogP) is 0.0582. The Hall–Kier alpha value is -3.08. The van der Waals surface area contributed by atoms with Crippen LogP contribution in [0.2, 0.25) is 0 Å². The largest absolute Gasteiger partial charge is 0.539 e. The van der Waals surface area contributed by atoms with Crippen molar-refractivity contribution in [2.45, 2.75) is 25.9 Å². The summed E-state index contributed by atoms with van der Waals surface area (Å²) in [5.41, 5.74) is 0.614. The number of hydrogen-bond acceptors (Lipinski definition) is 6. The maximum Gasteiger partial charge on any atom is 0.252 e. The van der Waals surface area contributed by atoms with Gasteiger partial charge in [-0.2, -0.15) is 0 Å². The molecule has 0 bridgehead atoms. The topological polar surface area (TPSA) is 106 Å². The zero-order valence-corrected chi connectivity index (χ0v) is 16.0. The smallest absolute Gasteiger partial charge is 0.252 e. The van der Waals surface area contributed by atoms with Gasteiger partial charge >= 0.3 is 0 Å². The zero-order valence-electron chi connectivity index (χ0n) is 15.2. The number of halogens is 1. The Morgan fingerprint density at radius 1 is 1.43 bits per heavy atom. The van der Waals surface area contributed by atoms with Crippen molar-refractivity contribution in [3.05, 3.63) is 35.8 Å². The molecule has 0 radical (unpaired) electrons. The summed E-state index contributed by atoms with van der Waals surface area (Å²) in [6, 6.07) is 4.41. The molecule has 0 saturated carbocycles. The van der Waals surface area contributed by atoms with Crippen LogP contribution in [0.25, 0.3) is 0 Å². The molecular formula is C17H18FN5O4S. The van der Waals surface area contributed by atoms with Crippen molar-refractivity contribution in [3.63, 3.8) is 0 Å². The minimum Gasteiger partial charge on any atom is -0.539 e. The monoisotopic (exact) mass is 407 g/mol. The quantitative estimate of drug-likeness (QED) is 0.533. The molecule has 1 unspecified atom stereocenters. The van der Waals surface area contributed by atoms with Gasteiger partial charge in [-0.15, -0.1) is 0 Å². The number of carbonyl (C=O) groups excluding carboxylic acids is 2. The summed E-state index contributed by atoms with van der Waals surface area (Å²) < 4.78 is 18.9. The summed E-state index contributed by atoms with van der Waals surface area (Å²) in [5, 5.41) is 18.2. The predicted molar refractivity (Wildman–Crippen MR) is 96.1 cm³/mol. The van der Waals surface area contributed by atoms with Crippen LogP contribution in [-0.2, 0) is 23.2 Å². The van der Waals surface area contributed by atoms with Gasteiger partial charge in [-0.1, -0.05) is 4.68 Å². The van der Waals surface area contributed by atoms with E-state index in [1.54, 1.807) is 6.92 Å². The number of aryl methyl sites for hydroxylation is 1. The van der Waals surface area contributed by atoms with E-state index in [-0.39, 0.29) is 29.7 Å². The van der Waals surface area contributed by atoms with Gasteiger partial charge in [0, 0.05) is 12.2 Å². The second-order valence-electron chi connectivity index (χ2n) is 6.20. The number of rotatable bonds is 6. The fourth-order valence-corrected chi connectivity index (χ4v) is 3.35. The van der Waals surface area contributed by atoms with Crippen LogP contribution < -0.4 is 15.1 Å². The fourth-order valence-electron chi connectivity index (χ4n) is 2.94. The van der Waals surface area contributed by atoms with Crippen LogP contribution in [0.4, 0.5) is 10.1 Å². The first-order chi connectivity index (χ1) is 13.3. The number of carbonyl (C=O) groups is 2. The average Bonchev–Trinajstić information content (AvgIpc) is 3.08. The summed E-state index contributed by atoms with van der Waals surface area (Å²) in [6.07, 6.45) is -0.184. The second kappa shape index (κ2) is 7.89. The molecule has 2 amide bonds. The molecule has 9 nitrogen and oxygen atoms in total. The van der Waals surface area contributed by atoms with Crippen LogP contribution in [0, 0.1) is 5.82 Å². The van der Waals surface area contributed by atoms with Crippen LogP contribution in [0.5, 0.6) is 5.95 Å². The summed E-state index contributed by atoms with van der Waals surface area (Å²) >= 11 is 5.37. The maximum atomic E-state index is 13.0. The number of amides is 2. The third-order valence-corrected chi connectivity index (χ3v) is 4.87. The number of hydrogen-bond donors (Lipinski definition) is 1. The lowest BCUT2D eigenvalue weighted by molar-refractivity contribution is -0.746. The fraction of sp³-hybridized carbons (Fsp3) is 0.353. The van der Waals surface area contributed by atoms with Gasteiger partial charge in [0.05, 0.1) is 11.7 Å². The van der Waals surface area contributed by atoms with Gasteiger partial charge in [-0.3, -0.25) is 14.5 Å². The van der Waals surface area contributed by atoms with E-state index in [1.807, 2.05) is 0 Å². The minimum atomic E-state index is -0.873. The first-order valence-electron chi connectivity index (χ1n) is 8.51. The Morgan fingerprint density at radius 2 is 2.11 bits per heavy atom. The normalized spacial score (nSPS) is 16.8. The van der Waals surface area contributed by atoms with Crippen LogP contribution in [-0.4, -0.2) is 44.6 Å². The highest BCUT2D eigenvalue weighted by Crippen LogP contribution is 2.24. The highest BCUT2D eigenvalue weighted by Gasteiger charge is 2.44. The van der Waals surface area contributed by atoms with E-state index in [9.17, 15) is 19.1 Å². The van der Waals surface area contributed by atoms with Crippen LogP contribution in [0.15, 0.2) is 28.8 Å². The van der Waals surface area contributed by atoms with Gasteiger partial charge in [0.1, 0.15) is 18.4 Å². The molecule has 1 aromatic carbocycles. The summed E-state index contributed by atoms with van der Waals surface area (Å²) in [6.45, 7) is 2.08. The van der Waals surface area contributed by atoms with Gasteiger partial charge in [0.15, 0.2) is 18.1 Å². The molecule has 1 atom stereocenters. The Bertz CT molecular complexity index is 897. The van der Waals surface area contributed by atoms with Crippen molar-refractivity contribution in [2.75, 3.05) is 11.9 Å². The number of anilines is 1. The van der Waals surface area contributed by atoms with E-state index in [0.717, 1.165) is 0 Å². The van der Waals surface area contributed by atoms with E-state index in [4.69, 9.17) is 12.2 Å². The van der Waals surface area contributed by atoms with Crippen LogP contribution in [0.3, 0.4) is 0 Å². The number of nitrogens with one attached hydrogen (secondary N) is 1. The lowest BCUT2D eigenvalue weighted by Crippen LogP contribution is -2.42. The van der Waals surface area contributed by atoms with Gasteiger partial charge in [0.2, 0.25) is 5.91 Å².